The molecule has 3 heterocycles. The van der Waals surface area contributed by atoms with Crippen LogP contribution in [0.15, 0.2) is 10.7 Å². The third-order valence-corrected chi connectivity index (χ3v) is 4.24. The predicted octanol–water partition coefficient (Wildman–Crippen LogP) is 2.41. The number of hydrogen-bond acceptors (Lipinski definition) is 5. The molecule has 1 aliphatic rings. The second-order valence-corrected chi connectivity index (χ2v) is 6.09. The lowest BCUT2D eigenvalue weighted by molar-refractivity contribution is -0.00712. The summed E-state index contributed by atoms with van der Waals surface area (Å²) in [5.74, 6) is 0.544. The smallest absolute Gasteiger partial charge is 0.270 e. The summed E-state index contributed by atoms with van der Waals surface area (Å²) in [6.07, 6.45) is 3.01. The molecule has 2 aromatic rings. The third-order valence-electron chi connectivity index (χ3n) is 4.24. The number of nitrogens with one attached hydrogen (secondary N) is 1. The summed E-state index contributed by atoms with van der Waals surface area (Å²) in [7, 11) is 0. The van der Waals surface area contributed by atoms with Gasteiger partial charge in [-0.3, -0.25) is 9.48 Å². The first kappa shape index (κ1) is 16.7. The highest BCUT2D eigenvalue weighted by Crippen LogP contribution is 2.31. The summed E-state index contributed by atoms with van der Waals surface area (Å²) < 4.78 is 12.9. The largest absolute Gasteiger partial charge is 0.449 e. The van der Waals surface area contributed by atoms with Gasteiger partial charge in [-0.2, -0.15) is 5.10 Å². The number of hydrogen-bond donors (Lipinski definition) is 1. The number of fused-ring (bicyclic) bond motifs is 1. The number of nitrogens with zero attached hydrogens (tertiary/aromatic N) is 3. The van der Waals surface area contributed by atoms with Crippen molar-refractivity contribution in [3.63, 3.8) is 0 Å². The molecule has 0 aliphatic carbocycles. The number of aromatic nitrogens is 3. The van der Waals surface area contributed by atoms with Crippen molar-refractivity contribution in [3.05, 3.63) is 34.8 Å². The van der Waals surface area contributed by atoms with E-state index in [4.69, 9.17) is 9.15 Å². The number of aryl methyl sites for hydroxylation is 2. The van der Waals surface area contributed by atoms with Crippen LogP contribution in [0.2, 0.25) is 0 Å². The highest BCUT2D eigenvalue weighted by Gasteiger charge is 2.31. The Hall–Kier alpha value is -2.15. The Balaban J connectivity index is 1.81. The normalized spacial score (nSPS) is 20.0. The van der Waals surface area contributed by atoms with E-state index in [0.29, 0.717) is 31.1 Å². The van der Waals surface area contributed by atoms with Crippen molar-refractivity contribution in [2.24, 2.45) is 0 Å². The van der Waals surface area contributed by atoms with Gasteiger partial charge in [0.25, 0.3) is 5.91 Å². The van der Waals surface area contributed by atoms with Gasteiger partial charge in [-0.25, -0.2) is 4.98 Å². The van der Waals surface area contributed by atoms with Gasteiger partial charge in [0, 0.05) is 24.9 Å². The van der Waals surface area contributed by atoms with Gasteiger partial charge in [-0.1, -0.05) is 6.92 Å². The fourth-order valence-electron chi connectivity index (χ4n) is 3.12. The van der Waals surface area contributed by atoms with E-state index in [1.807, 2.05) is 27.7 Å². The van der Waals surface area contributed by atoms with Crippen molar-refractivity contribution in [2.45, 2.75) is 65.8 Å². The van der Waals surface area contributed by atoms with E-state index in [1.54, 1.807) is 10.9 Å². The molecule has 0 unspecified atom stereocenters. The third kappa shape index (κ3) is 3.08. The summed E-state index contributed by atoms with van der Waals surface area (Å²) in [6, 6.07) is 0. The highest BCUT2D eigenvalue weighted by atomic mass is 16.5. The van der Waals surface area contributed by atoms with Crippen LogP contribution in [0.5, 0.6) is 0 Å². The van der Waals surface area contributed by atoms with E-state index in [-0.39, 0.29) is 18.1 Å². The SMILES string of the molecule is CCc1nc(CNC(=O)c2c3c(nn2CC)[C@H](C)O[C@H](C)C3)co1. The zero-order chi connectivity index (χ0) is 17.3. The van der Waals surface area contributed by atoms with Crippen molar-refractivity contribution < 1.29 is 13.9 Å². The van der Waals surface area contributed by atoms with Crippen molar-refractivity contribution in [1.82, 2.24) is 20.1 Å². The van der Waals surface area contributed by atoms with Gasteiger partial charge in [0.2, 0.25) is 0 Å². The Kier molecular flexibility index (Phi) is 4.71. The van der Waals surface area contributed by atoms with Crippen LogP contribution in [0.3, 0.4) is 0 Å². The van der Waals surface area contributed by atoms with Crippen LogP contribution in [-0.2, 0) is 30.7 Å². The summed E-state index contributed by atoms with van der Waals surface area (Å²) in [5, 5.41) is 7.51. The van der Waals surface area contributed by atoms with Gasteiger partial charge in [0.05, 0.1) is 30.1 Å². The number of oxazole rings is 1. The molecule has 0 spiro atoms. The Bertz CT molecular complexity index is 734. The Morgan fingerprint density at radius 2 is 2.21 bits per heavy atom. The minimum atomic E-state index is -0.132. The quantitative estimate of drug-likeness (QED) is 0.909. The molecule has 7 heteroatoms. The van der Waals surface area contributed by atoms with Crippen molar-refractivity contribution in [3.8, 4) is 0 Å². The first-order chi connectivity index (χ1) is 11.5. The Morgan fingerprint density at radius 1 is 1.42 bits per heavy atom. The lowest BCUT2D eigenvalue weighted by Crippen LogP contribution is -2.29. The molecule has 24 heavy (non-hydrogen) atoms. The van der Waals surface area contributed by atoms with Crippen molar-refractivity contribution >= 4 is 5.91 Å². The molecule has 0 radical (unpaired) electrons. The maximum Gasteiger partial charge on any atom is 0.270 e. The number of amides is 1. The molecule has 0 saturated carbocycles. The minimum absolute atomic E-state index is 0.0798. The second kappa shape index (κ2) is 6.76. The van der Waals surface area contributed by atoms with E-state index < -0.39 is 0 Å². The zero-order valence-corrected chi connectivity index (χ0v) is 14.6. The minimum Gasteiger partial charge on any atom is -0.449 e. The molecular weight excluding hydrogens is 308 g/mol. The molecule has 0 aromatic carbocycles. The van der Waals surface area contributed by atoms with E-state index >= 15 is 0 Å². The van der Waals surface area contributed by atoms with Crippen LogP contribution in [0.4, 0.5) is 0 Å². The lowest BCUT2D eigenvalue weighted by atomic mass is 9.99. The lowest BCUT2D eigenvalue weighted by Gasteiger charge is -2.24. The molecular formula is C17H24N4O3. The summed E-state index contributed by atoms with van der Waals surface area (Å²) in [5.41, 5.74) is 3.22. The molecule has 1 amide bonds. The van der Waals surface area contributed by atoms with Gasteiger partial charge in [0.1, 0.15) is 12.0 Å². The Morgan fingerprint density at radius 3 is 2.88 bits per heavy atom. The molecule has 0 bridgehead atoms. The van der Waals surface area contributed by atoms with E-state index in [1.165, 1.54) is 0 Å². The van der Waals surface area contributed by atoms with Gasteiger partial charge < -0.3 is 14.5 Å². The average molecular weight is 332 g/mol. The van der Waals surface area contributed by atoms with Crippen molar-refractivity contribution in [2.75, 3.05) is 0 Å². The predicted molar refractivity (Wildman–Crippen MR) is 87.6 cm³/mol. The molecule has 0 saturated heterocycles. The molecule has 1 N–H and O–H groups in total. The van der Waals surface area contributed by atoms with Crippen LogP contribution >= 0.6 is 0 Å². The molecule has 130 valence electrons. The first-order valence-electron chi connectivity index (χ1n) is 8.49. The highest BCUT2D eigenvalue weighted by molar-refractivity contribution is 5.94. The fraction of sp³-hybridized carbons (Fsp3) is 0.588. The van der Waals surface area contributed by atoms with E-state index in [9.17, 15) is 4.79 Å². The molecule has 7 nitrogen and oxygen atoms in total. The van der Waals surface area contributed by atoms with Crippen molar-refractivity contribution in [1.29, 1.82) is 0 Å². The zero-order valence-electron chi connectivity index (χ0n) is 14.6. The summed E-state index contributed by atoms with van der Waals surface area (Å²) >= 11 is 0. The number of ether oxygens (including phenoxy) is 1. The van der Waals surface area contributed by atoms with Gasteiger partial charge in [-0.15, -0.1) is 0 Å². The van der Waals surface area contributed by atoms with E-state index in [2.05, 4.69) is 15.4 Å². The van der Waals surface area contributed by atoms with Crippen LogP contribution in [-0.4, -0.2) is 26.8 Å². The molecule has 2 atom stereocenters. The maximum atomic E-state index is 12.7. The number of carbonyl (C=O) groups is 1. The average Bonchev–Trinajstić information content (AvgIpc) is 3.16. The standard InChI is InChI=1S/C17H24N4O3/c1-5-14-19-12(9-23-14)8-18-17(22)16-13-7-10(3)24-11(4)15(13)20-21(16)6-2/h9-11H,5-8H2,1-4H3,(H,18,22)/t10-,11+/m1/s1. The number of rotatable bonds is 5. The van der Waals surface area contributed by atoms with Gasteiger partial charge in [0.15, 0.2) is 5.89 Å². The molecule has 2 aromatic heterocycles. The molecule has 0 fully saturated rings. The monoisotopic (exact) mass is 332 g/mol. The summed E-state index contributed by atoms with van der Waals surface area (Å²) in [6.45, 7) is 8.94. The molecule has 1 aliphatic heterocycles. The van der Waals surface area contributed by atoms with Crippen LogP contribution in [0.25, 0.3) is 0 Å². The van der Waals surface area contributed by atoms with Gasteiger partial charge in [-0.05, 0) is 20.8 Å². The molecule has 3 rings (SSSR count). The fourth-order valence-corrected chi connectivity index (χ4v) is 3.12. The number of carbonyl (C=O) groups excluding carboxylic acids is 1. The van der Waals surface area contributed by atoms with Gasteiger partial charge >= 0.3 is 0 Å². The van der Waals surface area contributed by atoms with Crippen LogP contribution in [0.1, 0.15) is 67.1 Å². The second-order valence-electron chi connectivity index (χ2n) is 6.09. The first-order valence-corrected chi connectivity index (χ1v) is 8.49. The van der Waals surface area contributed by atoms with Crippen LogP contribution < -0.4 is 5.32 Å². The Labute approximate surface area is 141 Å². The topological polar surface area (TPSA) is 82.2 Å². The van der Waals surface area contributed by atoms with E-state index in [0.717, 1.165) is 23.4 Å². The maximum absolute atomic E-state index is 12.7. The summed E-state index contributed by atoms with van der Waals surface area (Å²) in [4.78, 5) is 17.1. The van der Waals surface area contributed by atoms with Crippen LogP contribution in [0, 0.1) is 0 Å².